The number of rotatable bonds is 7. The van der Waals surface area contributed by atoms with Crippen molar-refractivity contribution in [2.45, 2.75) is 58.3 Å². The summed E-state index contributed by atoms with van der Waals surface area (Å²) in [6.07, 6.45) is 13.2. The van der Waals surface area contributed by atoms with Crippen molar-refractivity contribution in [2.24, 2.45) is 0 Å². The largest absolute Gasteiger partial charge is 0.391 e. The molecule has 0 aromatic carbocycles. The van der Waals surface area contributed by atoms with Crippen molar-refractivity contribution in [3.8, 4) is 0 Å². The van der Waals surface area contributed by atoms with Crippen LogP contribution in [-0.2, 0) is 0 Å². The highest BCUT2D eigenvalue weighted by molar-refractivity contribution is 5.07. The van der Waals surface area contributed by atoms with E-state index in [-0.39, 0.29) is 0 Å². The average molecular weight is 181 g/mol. The summed E-state index contributed by atoms with van der Waals surface area (Å²) >= 11 is 0. The van der Waals surface area contributed by atoms with Gasteiger partial charge in [-0.2, -0.15) is 0 Å². The van der Waals surface area contributed by atoms with Gasteiger partial charge >= 0.3 is 0 Å². The summed E-state index contributed by atoms with van der Waals surface area (Å²) in [4.78, 5) is 0. The summed E-state index contributed by atoms with van der Waals surface area (Å²) in [5.74, 6) is 0. The second kappa shape index (κ2) is 6.99. The van der Waals surface area contributed by atoms with Crippen LogP contribution >= 0.6 is 0 Å². The Balaban J connectivity index is 1.78. The summed E-state index contributed by atoms with van der Waals surface area (Å²) in [7, 11) is 0. The minimum atomic E-state index is 1.17. The highest BCUT2D eigenvalue weighted by Crippen LogP contribution is 2.23. The molecule has 0 unspecified atom stereocenters. The molecule has 1 saturated carbocycles. The van der Waals surface area contributed by atoms with E-state index in [0.29, 0.717) is 0 Å². The van der Waals surface area contributed by atoms with Crippen LogP contribution in [0.4, 0.5) is 0 Å². The number of nitrogens with one attached hydrogen (secondary N) is 1. The highest BCUT2D eigenvalue weighted by atomic mass is 14.8. The molecule has 1 nitrogen and oxygen atoms in total. The van der Waals surface area contributed by atoms with Crippen molar-refractivity contribution in [1.29, 1.82) is 0 Å². The molecular formula is C12H23N. The molecule has 1 N–H and O–H groups in total. The fourth-order valence-electron chi connectivity index (χ4n) is 1.57. The van der Waals surface area contributed by atoms with Crippen LogP contribution < -0.4 is 5.32 Å². The van der Waals surface area contributed by atoms with Crippen LogP contribution in [0.15, 0.2) is 11.8 Å². The van der Waals surface area contributed by atoms with Gasteiger partial charge in [-0.3, -0.25) is 0 Å². The topological polar surface area (TPSA) is 12.0 Å². The van der Waals surface area contributed by atoms with Gasteiger partial charge in [0.2, 0.25) is 0 Å². The third kappa shape index (κ3) is 4.97. The summed E-state index contributed by atoms with van der Waals surface area (Å²) in [5.41, 5.74) is 1.62. The SMILES string of the molecule is CCCCCCCNC=C1CCC1. The Kier molecular flexibility index (Phi) is 5.71. The first-order chi connectivity index (χ1) is 6.43. The zero-order valence-corrected chi connectivity index (χ0v) is 8.94. The Morgan fingerprint density at radius 1 is 1.15 bits per heavy atom. The zero-order chi connectivity index (χ0) is 9.36. The van der Waals surface area contributed by atoms with Gasteiger partial charge in [0, 0.05) is 6.54 Å². The molecule has 0 radical (unpaired) electrons. The van der Waals surface area contributed by atoms with E-state index in [4.69, 9.17) is 0 Å². The molecule has 1 aliphatic carbocycles. The highest BCUT2D eigenvalue weighted by Gasteiger charge is 2.06. The molecule has 1 rings (SSSR count). The van der Waals surface area contributed by atoms with Gasteiger partial charge in [-0.25, -0.2) is 0 Å². The molecule has 0 aromatic rings. The van der Waals surface area contributed by atoms with E-state index in [1.165, 1.54) is 57.9 Å². The van der Waals surface area contributed by atoms with Crippen molar-refractivity contribution < 1.29 is 0 Å². The second-order valence-electron chi connectivity index (χ2n) is 4.02. The lowest BCUT2D eigenvalue weighted by atomic mass is 9.94. The number of hydrogen-bond donors (Lipinski definition) is 1. The number of hydrogen-bond acceptors (Lipinski definition) is 1. The van der Waals surface area contributed by atoms with E-state index < -0.39 is 0 Å². The molecule has 13 heavy (non-hydrogen) atoms. The molecule has 0 heterocycles. The Morgan fingerprint density at radius 2 is 1.92 bits per heavy atom. The van der Waals surface area contributed by atoms with E-state index in [0.717, 1.165) is 0 Å². The van der Waals surface area contributed by atoms with Gasteiger partial charge < -0.3 is 5.32 Å². The Hall–Kier alpha value is -0.460. The quantitative estimate of drug-likeness (QED) is 0.592. The van der Waals surface area contributed by atoms with Gasteiger partial charge in [0.05, 0.1) is 0 Å². The maximum absolute atomic E-state index is 3.40. The molecular weight excluding hydrogens is 158 g/mol. The third-order valence-electron chi connectivity index (χ3n) is 2.73. The normalized spacial score (nSPS) is 15.3. The van der Waals surface area contributed by atoms with Gasteiger partial charge in [0.25, 0.3) is 0 Å². The van der Waals surface area contributed by atoms with E-state index in [1.54, 1.807) is 5.57 Å². The zero-order valence-electron chi connectivity index (χ0n) is 8.94. The van der Waals surface area contributed by atoms with Gasteiger partial charge in [0.1, 0.15) is 0 Å². The molecule has 0 bridgehead atoms. The fourth-order valence-corrected chi connectivity index (χ4v) is 1.57. The Morgan fingerprint density at radius 3 is 2.54 bits per heavy atom. The molecule has 0 spiro atoms. The first-order valence-electron chi connectivity index (χ1n) is 5.85. The monoisotopic (exact) mass is 181 g/mol. The lowest BCUT2D eigenvalue weighted by Crippen LogP contribution is -2.10. The van der Waals surface area contributed by atoms with Crippen LogP contribution in [0, 0.1) is 0 Å². The molecule has 1 fully saturated rings. The fraction of sp³-hybridized carbons (Fsp3) is 0.833. The third-order valence-corrected chi connectivity index (χ3v) is 2.73. The second-order valence-corrected chi connectivity index (χ2v) is 4.02. The number of unbranched alkanes of at least 4 members (excludes halogenated alkanes) is 4. The van der Waals surface area contributed by atoms with E-state index >= 15 is 0 Å². The molecule has 76 valence electrons. The smallest absolute Gasteiger partial charge is 0.0141 e. The number of allylic oxidation sites excluding steroid dienone is 1. The van der Waals surface area contributed by atoms with E-state index in [1.807, 2.05) is 0 Å². The summed E-state index contributed by atoms with van der Waals surface area (Å²) < 4.78 is 0. The summed E-state index contributed by atoms with van der Waals surface area (Å²) in [6.45, 7) is 3.44. The molecule has 1 aliphatic rings. The lowest BCUT2D eigenvalue weighted by molar-refractivity contribution is 0.607. The molecule has 0 aliphatic heterocycles. The van der Waals surface area contributed by atoms with E-state index in [9.17, 15) is 0 Å². The summed E-state index contributed by atoms with van der Waals surface area (Å²) in [6, 6.07) is 0. The molecule has 0 aromatic heterocycles. The van der Waals surface area contributed by atoms with E-state index in [2.05, 4.69) is 18.4 Å². The first kappa shape index (κ1) is 10.6. The van der Waals surface area contributed by atoms with Gasteiger partial charge in [-0.15, -0.1) is 0 Å². The van der Waals surface area contributed by atoms with Crippen LogP contribution in [0.5, 0.6) is 0 Å². The summed E-state index contributed by atoms with van der Waals surface area (Å²) in [5, 5.41) is 3.40. The van der Waals surface area contributed by atoms with Crippen molar-refractivity contribution in [3.63, 3.8) is 0 Å². The average Bonchev–Trinajstić information content (AvgIpc) is 2.07. The lowest BCUT2D eigenvalue weighted by Gasteiger charge is -2.16. The predicted octanol–water partition coefficient (Wildman–Crippen LogP) is 3.61. The molecule has 1 heteroatoms. The minimum absolute atomic E-state index is 1.17. The molecule has 0 amide bonds. The first-order valence-corrected chi connectivity index (χ1v) is 5.85. The molecule has 0 saturated heterocycles. The van der Waals surface area contributed by atoms with Gasteiger partial charge in [0.15, 0.2) is 0 Å². The van der Waals surface area contributed by atoms with Crippen molar-refractivity contribution in [1.82, 2.24) is 5.32 Å². The maximum Gasteiger partial charge on any atom is 0.0141 e. The van der Waals surface area contributed by atoms with Crippen molar-refractivity contribution in [2.75, 3.05) is 6.54 Å². The van der Waals surface area contributed by atoms with Crippen LogP contribution in [-0.4, -0.2) is 6.54 Å². The molecule has 0 atom stereocenters. The standard InChI is InChI=1S/C12H23N/c1-2-3-4-5-6-10-13-11-12-8-7-9-12/h11,13H,2-10H2,1H3. The van der Waals surface area contributed by atoms with Crippen LogP contribution in [0.25, 0.3) is 0 Å². The van der Waals surface area contributed by atoms with Crippen LogP contribution in [0.3, 0.4) is 0 Å². The van der Waals surface area contributed by atoms with Crippen LogP contribution in [0.1, 0.15) is 58.3 Å². The Labute approximate surface area is 82.6 Å². The minimum Gasteiger partial charge on any atom is -0.391 e. The maximum atomic E-state index is 3.40. The predicted molar refractivity (Wildman–Crippen MR) is 58.7 cm³/mol. The van der Waals surface area contributed by atoms with Crippen molar-refractivity contribution >= 4 is 0 Å². The van der Waals surface area contributed by atoms with Crippen LogP contribution in [0.2, 0.25) is 0 Å². The Bertz CT molecular complexity index is 143. The van der Waals surface area contributed by atoms with Gasteiger partial charge in [-0.1, -0.05) is 38.2 Å². The van der Waals surface area contributed by atoms with Crippen molar-refractivity contribution in [3.05, 3.63) is 11.8 Å². The van der Waals surface area contributed by atoms with Gasteiger partial charge in [-0.05, 0) is 31.9 Å².